The van der Waals surface area contributed by atoms with E-state index in [9.17, 15) is 10.1 Å². The van der Waals surface area contributed by atoms with Gasteiger partial charge in [-0.05, 0) is 13.0 Å². The number of fused-ring (bicyclic) bond motifs is 1. The number of nitrogens with zero attached hydrogens (tertiary/aromatic N) is 1. The van der Waals surface area contributed by atoms with Crippen LogP contribution in [-0.4, -0.2) is 21.3 Å². The van der Waals surface area contributed by atoms with Crippen LogP contribution in [0.15, 0.2) is 38.9 Å². The van der Waals surface area contributed by atoms with Crippen LogP contribution < -0.4 is 30.3 Å². The molecule has 0 aliphatic carbocycles. The first-order chi connectivity index (χ1) is 12.9. The van der Waals surface area contributed by atoms with Gasteiger partial charge in [-0.3, -0.25) is 0 Å². The SMILES string of the molecule is COc1cc(OC)c([C@H]2C(C#N)=C(N)Oc3cc(C)oc(=O)c32)cc1OC. The smallest absolute Gasteiger partial charge is 0.343 e. The van der Waals surface area contributed by atoms with E-state index in [0.717, 1.165) is 0 Å². The van der Waals surface area contributed by atoms with Gasteiger partial charge in [0.05, 0.1) is 32.8 Å². The monoisotopic (exact) mass is 370 g/mol. The van der Waals surface area contributed by atoms with E-state index >= 15 is 0 Å². The summed E-state index contributed by atoms with van der Waals surface area (Å²) < 4.78 is 26.8. The number of benzene rings is 1. The molecule has 1 aromatic carbocycles. The summed E-state index contributed by atoms with van der Waals surface area (Å²) in [5, 5.41) is 9.66. The van der Waals surface area contributed by atoms with E-state index in [4.69, 9.17) is 29.1 Å². The van der Waals surface area contributed by atoms with Crippen LogP contribution in [0.25, 0.3) is 0 Å². The fraction of sp³-hybridized carbons (Fsp3) is 0.263. The Morgan fingerprint density at radius 3 is 2.30 bits per heavy atom. The van der Waals surface area contributed by atoms with Gasteiger partial charge in [-0.15, -0.1) is 0 Å². The molecule has 2 N–H and O–H groups in total. The second-order valence-electron chi connectivity index (χ2n) is 5.80. The van der Waals surface area contributed by atoms with Crippen molar-refractivity contribution < 1.29 is 23.4 Å². The van der Waals surface area contributed by atoms with Crippen LogP contribution in [0.4, 0.5) is 0 Å². The van der Waals surface area contributed by atoms with Gasteiger partial charge < -0.3 is 29.1 Å². The molecule has 0 saturated carbocycles. The molecular formula is C19H18N2O6. The highest BCUT2D eigenvalue weighted by molar-refractivity contribution is 5.61. The second-order valence-corrected chi connectivity index (χ2v) is 5.80. The minimum absolute atomic E-state index is 0.0733. The molecule has 1 aliphatic heterocycles. The molecule has 1 aliphatic rings. The number of allylic oxidation sites excluding steroid dienone is 1. The lowest BCUT2D eigenvalue weighted by molar-refractivity contribution is 0.345. The molecule has 8 nitrogen and oxygen atoms in total. The van der Waals surface area contributed by atoms with E-state index in [2.05, 4.69) is 0 Å². The van der Waals surface area contributed by atoms with Gasteiger partial charge in [-0.1, -0.05) is 0 Å². The number of aryl methyl sites for hydroxylation is 1. The van der Waals surface area contributed by atoms with Gasteiger partial charge in [0.15, 0.2) is 11.5 Å². The standard InChI is InChI=1S/C19H18N2O6/c1-9-5-15-17(19(22)26-9)16(11(8-20)18(21)27-15)10-6-13(24-3)14(25-4)7-12(10)23-2/h5-7,16H,21H2,1-4H3/t16-/m0/s1. The van der Waals surface area contributed by atoms with Gasteiger partial charge in [-0.2, -0.15) is 5.26 Å². The summed E-state index contributed by atoms with van der Waals surface area (Å²) in [5.74, 6) is 0.922. The van der Waals surface area contributed by atoms with Gasteiger partial charge >= 0.3 is 5.63 Å². The molecule has 2 heterocycles. The molecule has 0 unspecified atom stereocenters. The van der Waals surface area contributed by atoms with Crippen LogP contribution in [0, 0.1) is 18.3 Å². The van der Waals surface area contributed by atoms with E-state index in [0.29, 0.717) is 28.6 Å². The van der Waals surface area contributed by atoms with Crippen molar-refractivity contribution in [3.05, 3.63) is 57.0 Å². The normalized spacial score (nSPS) is 15.4. The topological polar surface area (TPSA) is 117 Å². The average Bonchev–Trinajstić information content (AvgIpc) is 2.65. The zero-order valence-electron chi connectivity index (χ0n) is 15.3. The van der Waals surface area contributed by atoms with Crippen LogP contribution in [-0.2, 0) is 0 Å². The van der Waals surface area contributed by atoms with Gasteiger partial charge in [0.25, 0.3) is 0 Å². The molecule has 1 aromatic heterocycles. The maximum absolute atomic E-state index is 12.6. The van der Waals surface area contributed by atoms with E-state index in [1.165, 1.54) is 21.3 Å². The zero-order chi connectivity index (χ0) is 19.7. The van der Waals surface area contributed by atoms with Gasteiger partial charge in [0, 0.05) is 17.7 Å². The molecule has 0 amide bonds. The van der Waals surface area contributed by atoms with E-state index < -0.39 is 11.5 Å². The number of methoxy groups -OCH3 is 3. The molecule has 0 fully saturated rings. The van der Waals surface area contributed by atoms with Crippen molar-refractivity contribution in [2.24, 2.45) is 5.73 Å². The minimum Gasteiger partial charge on any atom is -0.496 e. The van der Waals surface area contributed by atoms with Crippen molar-refractivity contribution in [1.82, 2.24) is 0 Å². The summed E-state index contributed by atoms with van der Waals surface area (Å²) in [6.07, 6.45) is 0. The maximum Gasteiger partial charge on any atom is 0.343 e. The summed E-state index contributed by atoms with van der Waals surface area (Å²) in [7, 11) is 4.46. The van der Waals surface area contributed by atoms with Crippen molar-refractivity contribution in [2.75, 3.05) is 21.3 Å². The molecule has 0 spiro atoms. The molecule has 0 bridgehead atoms. The van der Waals surface area contributed by atoms with Gasteiger partial charge in [-0.25, -0.2) is 4.79 Å². The second kappa shape index (κ2) is 6.96. The van der Waals surface area contributed by atoms with Crippen LogP contribution in [0.5, 0.6) is 23.0 Å². The lowest BCUT2D eigenvalue weighted by atomic mass is 9.83. The third-order valence-electron chi connectivity index (χ3n) is 4.30. The lowest BCUT2D eigenvalue weighted by Crippen LogP contribution is -2.26. The first-order valence-electron chi connectivity index (χ1n) is 7.97. The quantitative estimate of drug-likeness (QED) is 0.870. The predicted octanol–water partition coefficient (Wildman–Crippen LogP) is 2.19. The van der Waals surface area contributed by atoms with Crippen molar-refractivity contribution in [3.8, 4) is 29.1 Å². The highest BCUT2D eigenvalue weighted by Crippen LogP contribution is 2.46. The predicted molar refractivity (Wildman–Crippen MR) is 95.1 cm³/mol. The van der Waals surface area contributed by atoms with Crippen LogP contribution >= 0.6 is 0 Å². The van der Waals surface area contributed by atoms with E-state index in [1.54, 1.807) is 25.1 Å². The summed E-state index contributed by atoms with van der Waals surface area (Å²) in [5.41, 5.74) is 6.07. The molecular weight excluding hydrogens is 352 g/mol. The summed E-state index contributed by atoms with van der Waals surface area (Å²) in [4.78, 5) is 12.6. The Bertz CT molecular complexity index is 1030. The van der Waals surface area contributed by atoms with E-state index in [-0.39, 0.29) is 22.8 Å². The molecule has 3 rings (SSSR count). The first kappa shape index (κ1) is 18.2. The number of hydrogen-bond donors (Lipinski definition) is 1. The van der Waals surface area contributed by atoms with Crippen LogP contribution in [0.2, 0.25) is 0 Å². The molecule has 140 valence electrons. The molecule has 27 heavy (non-hydrogen) atoms. The molecule has 2 aromatic rings. The number of ether oxygens (including phenoxy) is 4. The Kier molecular flexibility index (Phi) is 4.69. The minimum atomic E-state index is -0.842. The Balaban J connectivity index is 2.37. The number of nitrogens with two attached hydrogens (primary N) is 1. The van der Waals surface area contributed by atoms with Gasteiger partial charge in [0.2, 0.25) is 5.88 Å². The summed E-state index contributed by atoms with van der Waals surface area (Å²) in [6.45, 7) is 1.62. The molecule has 8 heteroatoms. The van der Waals surface area contributed by atoms with Gasteiger partial charge in [0.1, 0.15) is 28.9 Å². The van der Waals surface area contributed by atoms with Crippen LogP contribution in [0.1, 0.15) is 22.8 Å². The first-order valence-corrected chi connectivity index (χ1v) is 7.97. The maximum atomic E-state index is 12.6. The fourth-order valence-electron chi connectivity index (χ4n) is 3.11. The number of hydrogen-bond acceptors (Lipinski definition) is 8. The molecule has 0 radical (unpaired) electrons. The van der Waals surface area contributed by atoms with Crippen LogP contribution in [0.3, 0.4) is 0 Å². The Morgan fingerprint density at radius 2 is 1.70 bits per heavy atom. The van der Waals surface area contributed by atoms with E-state index in [1.807, 2.05) is 6.07 Å². The lowest BCUT2D eigenvalue weighted by Gasteiger charge is -2.26. The third kappa shape index (κ3) is 2.93. The summed E-state index contributed by atoms with van der Waals surface area (Å²) >= 11 is 0. The Labute approximate surface area is 155 Å². The largest absolute Gasteiger partial charge is 0.496 e. The molecule has 1 atom stereocenters. The highest BCUT2D eigenvalue weighted by Gasteiger charge is 2.36. The summed E-state index contributed by atoms with van der Waals surface area (Å²) in [6, 6.07) is 6.83. The Morgan fingerprint density at radius 1 is 1.07 bits per heavy atom. The van der Waals surface area contributed by atoms with Crippen molar-refractivity contribution in [1.29, 1.82) is 5.26 Å². The van der Waals surface area contributed by atoms with Crippen molar-refractivity contribution >= 4 is 0 Å². The highest BCUT2D eigenvalue weighted by atomic mass is 16.5. The number of rotatable bonds is 4. The average molecular weight is 370 g/mol. The van der Waals surface area contributed by atoms with Crippen molar-refractivity contribution in [2.45, 2.75) is 12.8 Å². The Hall–Kier alpha value is -3.60. The zero-order valence-corrected chi connectivity index (χ0v) is 15.3. The fourth-order valence-corrected chi connectivity index (χ4v) is 3.11. The molecule has 0 saturated heterocycles. The third-order valence-corrected chi connectivity index (χ3v) is 4.30. The van der Waals surface area contributed by atoms with Crippen molar-refractivity contribution in [3.63, 3.8) is 0 Å². The number of nitriles is 1.